The molecule has 0 bridgehead atoms. The van der Waals surface area contributed by atoms with E-state index >= 15 is 0 Å². The van der Waals surface area contributed by atoms with Gasteiger partial charge in [0, 0.05) is 18.5 Å². The zero-order chi connectivity index (χ0) is 14.8. The van der Waals surface area contributed by atoms with Gasteiger partial charge in [-0.2, -0.15) is 0 Å². The van der Waals surface area contributed by atoms with E-state index in [2.05, 4.69) is 5.32 Å². The maximum absolute atomic E-state index is 10.2. The van der Waals surface area contributed by atoms with Crippen LogP contribution in [0.4, 0.5) is 0 Å². The van der Waals surface area contributed by atoms with Gasteiger partial charge in [-0.25, -0.2) is 0 Å². The van der Waals surface area contributed by atoms with E-state index in [0.29, 0.717) is 13.0 Å². The molecule has 1 heterocycles. The Labute approximate surface area is 124 Å². The number of benzene rings is 2. The third-order valence-corrected chi connectivity index (χ3v) is 3.92. The zero-order valence-corrected chi connectivity index (χ0v) is 11.9. The van der Waals surface area contributed by atoms with Crippen molar-refractivity contribution in [2.75, 3.05) is 13.6 Å². The van der Waals surface area contributed by atoms with Crippen LogP contribution in [-0.4, -0.2) is 23.8 Å². The van der Waals surface area contributed by atoms with Crippen molar-refractivity contribution in [3.05, 3.63) is 59.2 Å². The molecule has 0 saturated carbocycles. The van der Waals surface area contributed by atoms with Crippen LogP contribution in [0.2, 0.25) is 0 Å². The number of rotatable bonds is 3. The topological polar surface area (TPSA) is 61.7 Å². The summed E-state index contributed by atoms with van der Waals surface area (Å²) < 4.78 is 6.18. The predicted molar refractivity (Wildman–Crippen MR) is 80.4 cm³/mol. The second kappa shape index (κ2) is 5.76. The molecule has 0 amide bonds. The van der Waals surface area contributed by atoms with Crippen LogP contribution in [0.15, 0.2) is 42.5 Å². The minimum absolute atomic E-state index is 0.0298. The molecular formula is C17H19NO3. The van der Waals surface area contributed by atoms with Gasteiger partial charge in [0.15, 0.2) is 11.5 Å². The van der Waals surface area contributed by atoms with Gasteiger partial charge in [-0.3, -0.25) is 0 Å². The van der Waals surface area contributed by atoms with Gasteiger partial charge in [0.1, 0.15) is 0 Å². The summed E-state index contributed by atoms with van der Waals surface area (Å²) in [5, 5.41) is 23.0. The number of nitrogens with one attached hydrogen (secondary N) is 1. The van der Waals surface area contributed by atoms with E-state index in [1.807, 2.05) is 43.4 Å². The van der Waals surface area contributed by atoms with Crippen LogP contribution in [0.1, 0.15) is 28.9 Å². The summed E-state index contributed by atoms with van der Waals surface area (Å²) in [7, 11) is 1.87. The van der Waals surface area contributed by atoms with E-state index in [1.54, 1.807) is 0 Å². The number of hydrogen-bond donors (Lipinski definition) is 3. The first-order valence-electron chi connectivity index (χ1n) is 7.09. The lowest BCUT2D eigenvalue weighted by molar-refractivity contribution is -0.0264. The Kier molecular flexibility index (Phi) is 3.82. The van der Waals surface area contributed by atoms with Crippen LogP contribution in [0, 0.1) is 0 Å². The molecule has 2 atom stereocenters. The Bertz CT molecular complexity index is 627. The van der Waals surface area contributed by atoms with Crippen LogP contribution in [0.3, 0.4) is 0 Å². The average Bonchev–Trinajstić information content (AvgIpc) is 2.52. The second-order valence-corrected chi connectivity index (χ2v) is 5.29. The van der Waals surface area contributed by atoms with E-state index in [4.69, 9.17) is 4.74 Å². The molecule has 1 aliphatic rings. The van der Waals surface area contributed by atoms with E-state index in [-0.39, 0.29) is 23.7 Å². The zero-order valence-electron chi connectivity index (χ0n) is 11.9. The highest BCUT2D eigenvalue weighted by Crippen LogP contribution is 2.43. The Morgan fingerprint density at radius 2 is 1.90 bits per heavy atom. The Morgan fingerprint density at radius 1 is 1.14 bits per heavy atom. The monoisotopic (exact) mass is 285 g/mol. The van der Waals surface area contributed by atoms with Crippen molar-refractivity contribution >= 4 is 0 Å². The average molecular weight is 285 g/mol. The van der Waals surface area contributed by atoms with E-state index in [9.17, 15) is 10.2 Å². The normalized spacial score (nSPS) is 21.0. The van der Waals surface area contributed by atoms with E-state index in [1.165, 1.54) is 6.07 Å². The second-order valence-electron chi connectivity index (χ2n) is 5.29. The molecule has 0 saturated heterocycles. The molecule has 0 spiro atoms. The molecule has 2 aromatic rings. The van der Waals surface area contributed by atoms with Gasteiger partial charge in [-0.1, -0.05) is 36.4 Å². The number of ether oxygens (including phenoxy) is 1. The summed E-state index contributed by atoms with van der Waals surface area (Å²) in [5.41, 5.74) is 2.79. The molecule has 4 nitrogen and oxygen atoms in total. The molecule has 0 aliphatic carbocycles. The van der Waals surface area contributed by atoms with Crippen LogP contribution >= 0.6 is 0 Å². The van der Waals surface area contributed by atoms with Gasteiger partial charge >= 0.3 is 0 Å². The first-order chi connectivity index (χ1) is 10.2. The predicted octanol–water partition coefficient (Wildman–Crippen LogP) is 2.67. The lowest BCUT2D eigenvalue weighted by Crippen LogP contribution is -2.27. The minimum Gasteiger partial charge on any atom is -0.504 e. The summed E-state index contributed by atoms with van der Waals surface area (Å²) in [5.74, 6) is -0.108. The molecule has 3 N–H and O–H groups in total. The van der Waals surface area contributed by atoms with Gasteiger partial charge in [0.05, 0.1) is 12.2 Å². The fraction of sp³-hybridized carbons (Fsp3) is 0.294. The number of aromatic hydroxyl groups is 2. The number of likely N-dealkylation sites (N-methyl/N-ethyl adjacent to an activating group) is 1. The summed E-state index contributed by atoms with van der Waals surface area (Å²) in [6, 6.07) is 13.3. The van der Waals surface area contributed by atoms with Crippen molar-refractivity contribution in [2.45, 2.75) is 18.6 Å². The van der Waals surface area contributed by atoms with Crippen LogP contribution < -0.4 is 5.32 Å². The molecule has 4 heteroatoms. The summed E-state index contributed by atoms with van der Waals surface area (Å²) in [6.45, 7) is 0.653. The van der Waals surface area contributed by atoms with Gasteiger partial charge in [-0.15, -0.1) is 0 Å². The van der Waals surface area contributed by atoms with Crippen molar-refractivity contribution in [2.24, 2.45) is 0 Å². The highest BCUT2D eigenvalue weighted by atomic mass is 16.5. The fourth-order valence-electron chi connectivity index (χ4n) is 2.87. The third kappa shape index (κ3) is 2.60. The minimum atomic E-state index is -0.143. The van der Waals surface area contributed by atoms with E-state index < -0.39 is 0 Å². The Hall–Kier alpha value is -2.04. The van der Waals surface area contributed by atoms with Gasteiger partial charge in [-0.05, 0) is 24.2 Å². The van der Waals surface area contributed by atoms with Gasteiger partial charge in [0.25, 0.3) is 0 Å². The molecule has 0 fully saturated rings. The number of phenols is 2. The molecular weight excluding hydrogens is 266 g/mol. The molecule has 1 aliphatic heterocycles. The molecule has 2 aromatic carbocycles. The summed E-state index contributed by atoms with van der Waals surface area (Å²) in [6.07, 6.45) is 0.292. The van der Waals surface area contributed by atoms with Crippen LogP contribution in [0.25, 0.3) is 0 Å². The first kappa shape index (κ1) is 13.9. The SMILES string of the molecule is CNC[C@@H]1O[C@H](c2ccccc2)Cc2c1ccc(O)c2O. The standard InChI is InChI=1S/C17H19NO3/c1-18-10-16-12-7-8-14(19)17(20)13(12)9-15(21-16)11-5-3-2-4-6-11/h2-8,15-16,18-20H,9-10H2,1H3/t15-,16-/m0/s1. The highest BCUT2D eigenvalue weighted by Gasteiger charge is 2.30. The fourth-order valence-corrected chi connectivity index (χ4v) is 2.87. The van der Waals surface area contributed by atoms with Gasteiger partial charge < -0.3 is 20.3 Å². The quantitative estimate of drug-likeness (QED) is 0.759. The Balaban J connectivity index is 2.01. The highest BCUT2D eigenvalue weighted by molar-refractivity contribution is 5.51. The largest absolute Gasteiger partial charge is 0.504 e. The van der Waals surface area contributed by atoms with E-state index in [0.717, 1.165) is 16.7 Å². The van der Waals surface area contributed by atoms with Crippen molar-refractivity contribution in [3.63, 3.8) is 0 Å². The lowest BCUT2D eigenvalue weighted by Gasteiger charge is -2.33. The molecule has 0 radical (unpaired) electrons. The first-order valence-corrected chi connectivity index (χ1v) is 7.09. The molecule has 0 aromatic heterocycles. The van der Waals surface area contributed by atoms with Crippen LogP contribution in [-0.2, 0) is 11.2 Å². The number of hydrogen-bond acceptors (Lipinski definition) is 4. The molecule has 21 heavy (non-hydrogen) atoms. The maximum atomic E-state index is 10.2. The van der Waals surface area contributed by atoms with Crippen LogP contribution in [0.5, 0.6) is 11.5 Å². The third-order valence-electron chi connectivity index (χ3n) is 3.92. The van der Waals surface area contributed by atoms with Gasteiger partial charge in [0.2, 0.25) is 0 Å². The van der Waals surface area contributed by atoms with Crippen molar-refractivity contribution < 1.29 is 14.9 Å². The van der Waals surface area contributed by atoms with Crippen molar-refractivity contribution in [3.8, 4) is 11.5 Å². The van der Waals surface area contributed by atoms with Crippen molar-refractivity contribution in [1.29, 1.82) is 0 Å². The summed E-state index contributed by atoms with van der Waals surface area (Å²) >= 11 is 0. The molecule has 0 unspecified atom stereocenters. The molecule has 110 valence electrons. The maximum Gasteiger partial charge on any atom is 0.161 e. The molecule has 3 rings (SSSR count). The number of fused-ring (bicyclic) bond motifs is 1. The lowest BCUT2D eigenvalue weighted by atomic mass is 9.90. The summed E-state index contributed by atoms with van der Waals surface area (Å²) in [4.78, 5) is 0. The smallest absolute Gasteiger partial charge is 0.161 e. The number of phenolic OH excluding ortho intramolecular Hbond substituents is 2. The van der Waals surface area contributed by atoms with Crippen molar-refractivity contribution in [1.82, 2.24) is 5.32 Å². The Morgan fingerprint density at radius 3 is 2.62 bits per heavy atom.